The molecule has 9 heteroatoms. The van der Waals surface area contributed by atoms with E-state index in [9.17, 15) is 13.2 Å². The minimum atomic E-state index is -3.53. The summed E-state index contributed by atoms with van der Waals surface area (Å²) >= 11 is 6.05. The van der Waals surface area contributed by atoms with Gasteiger partial charge in [0.15, 0.2) is 0 Å². The number of halogens is 1. The van der Waals surface area contributed by atoms with Crippen molar-refractivity contribution >= 4 is 33.2 Å². The van der Waals surface area contributed by atoms with E-state index in [-0.39, 0.29) is 10.8 Å². The molecule has 2 aromatic rings. The fraction of sp³-hybridized carbons (Fsp3) is 0.350. The summed E-state index contributed by atoms with van der Waals surface area (Å²) in [5.74, 6) is 0.496. The van der Waals surface area contributed by atoms with Gasteiger partial charge in [-0.2, -0.15) is 4.31 Å². The van der Waals surface area contributed by atoms with Gasteiger partial charge in [0.2, 0.25) is 15.9 Å². The van der Waals surface area contributed by atoms with Crippen LogP contribution >= 0.6 is 11.6 Å². The van der Waals surface area contributed by atoms with E-state index in [1.807, 2.05) is 6.07 Å². The quantitative estimate of drug-likeness (QED) is 0.720. The van der Waals surface area contributed by atoms with E-state index in [2.05, 4.69) is 10.2 Å². The Labute approximate surface area is 176 Å². The van der Waals surface area contributed by atoms with E-state index >= 15 is 0 Å². The molecule has 2 aromatic carbocycles. The maximum absolute atomic E-state index is 12.8. The highest BCUT2D eigenvalue weighted by atomic mass is 35.5. The Morgan fingerprint density at radius 3 is 2.34 bits per heavy atom. The van der Waals surface area contributed by atoms with Crippen molar-refractivity contribution in [2.75, 3.05) is 45.2 Å². The van der Waals surface area contributed by atoms with E-state index in [1.165, 1.54) is 11.4 Å². The molecule has 0 unspecified atom stereocenters. The van der Waals surface area contributed by atoms with Crippen LogP contribution in [0.5, 0.6) is 5.75 Å². The average Bonchev–Trinajstić information content (AvgIpc) is 2.74. The van der Waals surface area contributed by atoms with Gasteiger partial charge >= 0.3 is 0 Å². The number of hydrogen-bond acceptors (Lipinski definition) is 5. The topological polar surface area (TPSA) is 79.0 Å². The van der Waals surface area contributed by atoms with E-state index in [0.717, 1.165) is 0 Å². The lowest BCUT2D eigenvalue weighted by Gasteiger charge is -2.33. The molecule has 1 aliphatic heterocycles. The van der Waals surface area contributed by atoms with Gasteiger partial charge in [-0.05, 0) is 36.4 Å². The van der Waals surface area contributed by atoms with Crippen molar-refractivity contribution in [3.05, 3.63) is 53.6 Å². The van der Waals surface area contributed by atoms with Crippen molar-refractivity contribution < 1.29 is 17.9 Å². The molecule has 1 heterocycles. The molecular formula is C20H24ClN3O4S. The number of methoxy groups -OCH3 is 1. The van der Waals surface area contributed by atoms with Gasteiger partial charge in [-0.25, -0.2) is 8.42 Å². The molecule has 0 aromatic heterocycles. The molecule has 0 radical (unpaired) electrons. The highest BCUT2D eigenvalue weighted by Crippen LogP contribution is 2.22. The van der Waals surface area contributed by atoms with Crippen LogP contribution in [0.3, 0.4) is 0 Å². The van der Waals surface area contributed by atoms with Crippen molar-refractivity contribution in [3.63, 3.8) is 0 Å². The second kappa shape index (κ2) is 9.58. The third kappa shape index (κ3) is 5.48. The first-order valence-electron chi connectivity index (χ1n) is 9.31. The van der Waals surface area contributed by atoms with E-state index in [1.54, 1.807) is 42.5 Å². The zero-order valence-electron chi connectivity index (χ0n) is 16.2. The number of carbonyl (C=O) groups is 1. The SMILES string of the molecule is COc1ccc(S(=O)(=O)N2CCN(CCC(=O)Nc3ccccc3Cl)CC2)cc1. The van der Waals surface area contributed by atoms with Crippen molar-refractivity contribution in [1.82, 2.24) is 9.21 Å². The molecule has 0 aliphatic carbocycles. The van der Waals surface area contributed by atoms with Crippen molar-refractivity contribution in [1.29, 1.82) is 0 Å². The number of rotatable bonds is 7. The molecule has 7 nitrogen and oxygen atoms in total. The van der Waals surface area contributed by atoms with Crippen LogP contribution in [0.4, 0.5) is 5.69 Å². The molecule has 156 valence electrons. The van der Waals surface area contributed by atoms with Crippen LogP contribution in [0, 0.1) is 0 Å². The number of carbonyl (C=O) groups excluding carboxylic acids is 1. The van der Waals surface area contributed by atoms with Gasteiger partial charge in [0.05, 0.1) is 22.7 Å². The number of benzene rings is 2. The summed E-state index contributed by atoms with van der Waals surface area (Å²) in [4.78, 5) is 14.5. The van der Waals surface area contributed by atoms with Gasteiger partial charge in [0.1, 0.15) is 5.75 Å². The van der Waals surface area contributed by atoms with Gasteiger partial charge in [-0.15, -0.1) is 0 Å². The molecular weight excluding hydrogens is 414 g/mol. The van der Waals surface area contributed by atoms with Gasteiger partial charge in [0, 0.05) is 39.1 Å². The number of hydrogen-bond donors (Lipinski definition) is 1. The standard InChI is InChI=1S/C20H24ClN3O4S/c1-28-16-6-8-17(9-7-16)29(26,27)24-14-12-23(13-15-24)11-10-20(25)22-19-5-3-2-4-18(19)21/h2-9H,10-15H2,1H3,(H,22,25). The predicted molar refractivity (Wildman–Crippen MR) is 113 cm³/mol. The van der Waals surface area contributed by atoms with Crippen LogP contribution in [-0.4, -0.2) is 63.4 Å². The maximum atomic E-state index is 12.8. The number of piperazine rings is 1. The van der Waals surface area contributed by atoms with Gasteiger partial charge in [-0.3, -0.25) is 4.79 Å². The van der Waals surface area contributed by atoms with Crippen LogP contribution in [0.15, 0.2) is 53.4 Å². The second-order valence-electron chi connectivity index (χ2n) is 6.70. The fourth-order valence-electron chi connectivity index (χ4n) is 3.13. The molecule has 0 spiro atoms. The molecule has 1 saturated heterocycles. The second-order valence-corrected chi connectivity index (χ2v) is 9.04. The third-order valence-corrected chi connectivity index (χ3v) is 7.07. The minimum Gasteiger partial charge on any atom is -0.497 e. The van der Waals surface area contributed by atoms with Gasteiger partial charge in [-0.1, -0.05) is 23.7 Å². The van der Waals surface area contributed by atoms with E-state index < -0.39 is 10.0 Å². The van der Waals surface area contributed by atoms with E-state index in [4.69, 9.17) is 16.3 Å². The molecule has 0 bridgehead atoms. The molecule has 29 heavy (non-hydrogen) atoms. The Morgan fingerprint density at radius 1 is 1.07 bits per heavy atom. The monoisotopic (exact) mass is 437 g/mol. The molecule has 3 rings (SSSR count). The van der Waals surface area contributed by atoms with Crippen LogP contribution in [0.1, 0.15) is 6.42 Å². The van der Waals surface area contributed by atoms with Gasteiger partial charge in [0.25, 0.3) is 0 Å². The molecule has 0 saturated carbocycles. The highest BCUT2D eigenvalue weighted by Gasteiger charge is 2.28. The number of sulfonamides is 1. The number of anilines is 1. The Morgan fingerprint density at radius 2 is 1.72 bits per heavy atom. The summed E-state index contributed by atoms with van der Waals surface area (Å²) in [5, 5.41) is 3.30. The van der Waals surface area contributed by atoms with Crippen molar-refractivity contribution in [2.45, 2.75) is 11.3 Å². The smallest absolute Gasteiger partial charge is 0.243 e. The first-order valence-corrected chi connectivity index (χ1v) is 11.1. The zero-order chi connectivity index (χ0) is 20.9. The number of ether oxygens (including phenoxy) is 1. The lowest BCUT2D eigenvalue weighted by atomic mass is 10.3. The average molecular weight is 438 g/mol. The molecule has 1 aliphatic rings. The Balaban J connectivity index is 1.48. The Kier molecular flexibility index (Phi) is 7.13. The summed E-state index contributed by atoms with van der Waals surface area (Å²) < 4.78 is 32.1. The molecule has 1 amide bonds. The summed E-state index contributed by atoms with van der Waals surface area (Å²) in [7, 11) is -1.99. The number of nitrogens with one attached hydrogen (secondary N) is 1. The fourth-order valence-corrected chi connectivity index (χ4v) is 4.73. The van der Waals surface area contributed by atoms with E-state index in [0.29, 0.717) is 55.6 Å². The first kappa shape index (κ1) is 21.6. The van der Waals surface area contributed by atoms with Crippen molar-refractivity contribution in [2.24, 2.45) is 0 Å². The van der Waals surface area contributed by atoms with Crippen LogP contribution in [0.25, 0.3) is 0 Å². The molecule has 0 atom stereocenters. The normalized spacial score (nSPS) is 15.8. The predicted octanol–water partition coefficient (Wildman–Crippen LogP) is 2.68. The summed E-state index contributed by atoms with van der Waals surface area (Å²) in [6, 6.07) is 13.5. The largest absolute Gasteiger partial charge is 0.497 e. The number of amides is 1. The number of para-hydroxylation sites is 1. The lowest BCUT2D eigenvalue weighted by molar-refractivity contribution is -0.116. The third-order valence-electron chi connectivity index (χ3n) is 4.83. The number of nitrogens with zero attached hydrogens (tertiary/aromatic N) is 2. The lowest BCUT2D eigenvalue weighted by Crippen LogP contribution is -2.49. The van der Waals surface area contributed by atoms with Crippen LogP contribution < -0.4 is 10.1 Å². The van der Waals surface area contributed by atoms with Crippen LogP contribution in [-0.2, 0) is 14.8 Å². The highest BCUT2D eigenvalue weighted by molar-refractivity contribution is 7.89. The maximum Gasteiger partial charge on any atom is 0.243 e. The Bertz CT molecular complexity index is 942. The Hall–Kier alpha value is -2.13. The minimum absolute atomic E-state index is 0.119. The van der Waals surface area contributed by atoms with Crippen LogP contribution in [0.2, 0.25) is 5.02 Å². The summed E-state index contributed by atoms with van der Waals surface area (Å²) in [5.41, 5.74) is 0.592. The van der Waals surface area contributed by atoms with Crippen molar-refractivity contribution in [3.8, 4) is 5.75 Å². The molecule has 1 fully saturated rings. The summed E-state index contributed by atoms with van der Waals surface area (Å²) in [6.45, 7) is 2.50. The van der Waals surface area contributed by atoms with Gasteiger partial charge < -0.3 is 15.0 Å². The zero-order valence-corrected chi connectivity index (χ0v) is 17.7. The molecule has 1 N–H and O–H groups in total. The first-order chi connectivity index (χ1) is 13.9. The summed E-state index contributed by atoms with van der Waals surface area (Å²) in [6.07, 6.45) is 0.316.